The average Bonchev–Trinajstić information content (AvgIpc) is 1.87. The molecule has 2 atom stereocenters. The lowest BCUT2D eigenvalue weighted by Gasteiger charge is -2.13. The standard InChI is InChI=1S/C8H17NO2/c1-4-5-6(2)9-8(11)7(3)10/h6-7,10H,4-5H2,1-3H3,(H,9,11)/t6-,7+/m0/s1. The molecule has 0 aliphatic rings. The molecule has 0 aliphatic carbocycles. The molecule has 0 aromatic carbocycles. The second-order valence-corrected chi connectivity index (χ2v) is 2.87. The molecule has 66 valence electrons. The maximum Gasteiger partial charge on any atom is 0.248 e. The molecule has 0 spiro atoms. The fourth-order valence-corrected chi connectivity index (χ4v) is 0.869. The highest BCUT2D eigenvalue weighted by Gasteiger charge is 2.10. The van der Waals surface area contributed by atoms with Gasteiger partial charge in [0.05, 0.1) is 0 Å². The van der Waals surface area contributed by atoms with Gasteiger partial charge in [0.2, 0.25) is 5.91 Å². The summed E-state index contributed by atoms with van der Waals surface area (Å²) in [7, 11) is 0. The smallest absolute Gasteiger partial charge is 0.248 e. The van der Waals surface area contributed by atoms with E-state index in [9.17, 15) is 4.79 Å². The largest absolute Gasteiger partial charge is 0.384 e. The molecule has 0 aromatic rings. The Morgan fingerprint density at radius 3 is 2.45 bits per heavy atom. The van der Waals surface area contributed by atoms with Crippen LogP contribution >= 0.6 is 0 Å². The highest BCUT2D eigenvalue weighted by atomic mass is 16.3. The summed E-state index contributed by atoms with van der Waals surface area (Å²) in [5, 5.41) is 11.5. The number of carbonyl (C=O) groups is 1. The molecule has 0 unspecified atom stereocenters. The number of hydrogen-bond donors (Lipinski definition) is 2. The minimum Gasteiger partial charge on any atom is -0.384 e. The Kier molecular flexibility index (Phi) is 4.86. The molecular formula is C8H17NO2. The zero-order chi connectivity index (χ0) is 8.85. The summed E-state index contributed by atoms with van der Waals surface area (Å²) < 4.78 is 0. The van der Waals surface area contributed by atoms with Gasteiger partial charge in [-0.05, 0) is 20.3 Å². The Morgan fingerprint density at radius 2 is 2.09 bits per heavy atom. The molecule has 0 saturated heterocycles. The van der Waals surface area contributed by atoms with Gasteiger partial charge in [0, 0.05) is 6.04 Å². The molecule has 0 fully saturated rings. The summed E-state index contributed by atoms with van der Waals surface area (Å²) in [6, 6.07) is 0.169. The van der Waals surface area contributed by atoms with E-state index in [0.29, 0.717) is 0 Å². The van der Waals surface area contributed by atoms with Gasteiger partial charge in [-0.15, -0.1) is 0 Å². The van der Waals surface area contributed by atoms with E-state index in [2.05, 4.69) is 12.2 Å². The van der Waals surface area contributed by atoms with Gasteiger partial charge < -0.3 is 10.4 Å². The van der Waals surface area contributed by atoms with E-state index in [1.807, 2.05) is 6.92 Å². The minimum absolute atomic E-state index is 0.169. The van der Waals surface area contributed by atoms with E-state index in [1.54, 1.807) is 0 Å². The first-order chi connectivity index (χ1) is 5.07. The zero-order valence-corrected chi connectivity index (χ0v) is 7.42. The van der Waals surface area contributed by atoms with Crippen LogP contribution in [0.5, 0.6) is 0 Å². The average molecular weight is 159 g/mol. The predicted molar refractivity (Wildman–Crippen MR) is 44.2 cm³/mol. The summed E-state index contributed by atoms with van der Waals surface area (Å²) >= 11 is 0. The molecular weight excluding hydrogens is 142 g/mol. The molecule has 11 heavy (non-hydrogen) atoms. The number of aliphatic hydroxyl groups excluding tert-OH is 1. The first-order valence-corrected chi connectivity index (χ1v) is 4.06. The molecule has 0 aromatic heterocycles. The molecule has 0 radical (unpaired) electrons. The lowest BCUT2D eigenvalue weighted by Crippen LogP contribution is -2.38. The van der Waals surface area contributed by atoms with Gasteiger partial charge >= 0.3 is 0 Å². The lowest BCUT2D eigenvalue weighted by atomic mass is 10.2. The van der Waals surface area contributed by atoms with Crippen molar-refractivity contribution in [2.75, 3.05) is 0 Å². The molecule has 0 aliphatic heterocycles. The van der Waals surface area contributed by atoms with Crippen LogP contribution in [-0.4, -0.2) is 23.2 Å². The van der Waals surface area contributed by atoms with Crippen molar-refractivity contribution in [2.45, 2.75) is 45.8 Å². The van der Waals surface area contributed by atoms with Crippen LogP contribution in [0.1, 0.15) is 33.6 Å². The number of nitrogens with one attached hydrogen (secondary N) is 1. The zero-order valence-electron chi connectivity index (χ0n) is 7.42. The van der Waals surface area contributed by atoms with Crippen molar-refractivity contribution in [1.29, 1.82) is 0 Å². The summed E-state index contributed by atoms with van der Waals surface area (Å²) in [4.78, 5) is 10.9. The molecule has 1 amide bonds. The minimum atomic E-state index is -0.894. The number of carbonyl (C=O) groups excluding carboxylic acids is 1. The summed E-state index contributed by atoms with van der Waals surface area (Å²) in [5.41, 5.74) is 0. The highest BCUT2D eigenvalue weighted by Crippen LogP contribution is 1.95. The topological polar surface area (TPSA) is 49.3 Å². The van der Waals surface area contributed by atoms with Crippen LogP contribution in [0.15, 0.2) is 0 Å². The van der Waals surface area contributed by atoms with Crippen molar-refractivity contribution in [3.05, 3.63) is 0 Å². The van der Waals surface area contributed by atoms with Crippen LogP contribution < -0.4 is 5.32 Å². The number of hydrogen-bond acceptors (Lipinski definition) is 2. The first kappa shape index (κ1) is 10.4. The van der Waals surface area contributed by atoms with Crippen LogP contribution in [0.25, 0.3) is 0 Å². The maximum absolute atomic E-state index is 10.9. The van der Waals surface area contributed by atoms with Crippen LogP contribution in [0.4, 0.5) is 0 Å². The monoisotopic (exact) mass is 159 g/mol. The van der Waals surface area contributed by atoms with Gasteiger partial charge in [0.25, 0.3) is 0 Å². The third-order valence-electron chi connectivity index (χ3n) is 1.49. The van der Waals surface area contributed by atoms with Crippen molar-refractivity contribution in [3.63, 3.8) is 0 Å². The van der Waals surface area contributed by atoms with E-state index >= 15 is 0 Å². The van der Waals surface area contributed by atoms with Crippen molar-refractivity contribution in [3.8, 4) is 0 Å². The SMILES string of the molecule is CCC[C@H](C)NC(=O)[C@@H](C)O. The molecule has 0 bridgehead atoms. The Labute approximate surface area is 67.8 Å². The Balaban J connectivity index is 3.57. The van der Waals surface area contributed by atoms with Crippen molar-refractivity contribution in [2.24, 2.45) is 0 Å². The van der Waals surface area contributed by atoms with Crippen molar-refractivity contribution >= 4 is 5.91 Å². The molecule has 0 saturated carbocycles. The van der Waals surface area contributed by atoms with Crippen LogP contribution in [0, 0.1) is 0 Å². The normalized spacial score (nSPS) is 15.6. The summed E-state index contributed by atoms with van der Waals surface area (Å²) in [6.45, 7) is 5.46. The van der Waals surface area contributed by atoms with E-state index in [-0.39, 0.29) is 11.9 Å². The Morgan fingerprint density at radius 1 is 1.55 bits per heavy atom. The van der Waals surface area contributed by atoms with Gasteiger partial charge in [-0.1, -0.05) is 13.3 Å². The number of amides is 1. The third-order valence-corrected chi connectivity index (χ3v) is 1.49. The van der Waals surface area contributed by atoms with Crippen LogP contribution in [0.3, 0.4) is 0 Å². The molecule has 2 N–H and O–H groups in total. The molecule has 0 heterocycles. The number of aliphatic hydroxyl groups is 1. The number of rotatable bonds is 4. The van der Waals surface area contributed by atoms with Gasteiger partial charge in [-0.25, -0.2) is 0 Å². The van der Waals surface area contributed by atoms with Gasteiger partial charge in [0.15, 0.2) is 0 Å². The first-order valence-electron chi connectivity index (χ1n) is 4.06. The third kappa shape index (κ3) is 4.79. The quantitative estimate of drug-likeness (QED) is 0.633. The van der Waals surface area contributed by atoms with Crippen molar-refractivity contribution in [1.82, 2.24) is 5.32 Å². The fourth-order valence-electron chi connectivity index (χ4n) is 0.869. The van der Waals surface area contributed by atoms with E-state index < -0.39 is 6.10 Å². The maximum atomic E-state index is 10.9. The van der Waals surface area contributed by atoms with Gasteiger partial charge in [-0.3, -0.25) is 4.79 Å². The predicted octanol–water partition coefficient (Wildman–Crippen LogP) is 0.672. The van der Waals surface area contributed by atoms with Gasteiger partial charge in [0.1, 0.15) is 6.10 Å². The van der Waals surface area contributed by atoms with E-state index in [4.69, 9.17) is 5.11 Å². The lowest BCUT2D eigenvalue weighted by molar-refractivity contribution is -0.129. The highest BCUT2D eigenvalue weighted by molar-refractivity contribution is 5.80. The Hall–Kier alpha value is -0.570. The molecule has 3 heteroatoms. The fraction of sp³-hybridized carbons (Fsp3) is 0.875. The summed E-state index contributed by atoms with van der Waals surface area (Å²) in [5.74, 6) is -0.286. The van der Waals surface area contributed by atoms with Gasteiger partial charge in [-0.2, -0.15) is 0 Å². The second-order valence-electron chi connectivity index (χ2n) is 2.87. The second kappa shape index (κ2) is 5.13. The molecule has 3 nitrogen and oxygen atoms in total. The molecule has 0 rings (SSSR count). The Bertz CT molecular complexity index is 123. The van der Waals surface area contributed by atoms with Crippen LogP contribution in [-0.2, 0) is 4.79 Å². The van der Waals surface area contributed by atoms with Crippen LogP contribution in [0.2, 0.25) is 0 Å². The van der Waals surface area contributed by atoms with Crippen molar-refractivity contribution < 1.29 is 9.90 Å². The summed E-state index contributed by atoms with van der Waals surface area (Å²) in [6.07, 6.45) is 1.11. The van der Waals surface area contributed by atoms with E-state index in [1.165, 1.54) is 6.92 Å². The van der Waals surface area contributed by atoms with E-state index in [0.717, 1.165) is 12.8 Å².